The highest BCUT2D eigenvalue weighted by molar-refractivity contribution is 5.69. The maximum atomic E-state index is 11.8. The van der Waals surface area contributed by atoms with E-state index in [1.165, 1.54) is 5.56 Å². The molecule has 7 heteroatoms. The molecule has 2 aromatic rings. The van der Waals surface area contributed by atoms with Crippen molar-refractivity contribution in [2.75, 3.05) is 6.61 Å². The standard InChI is InChI=1S/C20H28N4O3/c1-4-27-19(26)11-14-6-5-7-15(10-14)16-8-9-17(21-13(16)2)20-18(12-25)24(3)23-22-20/h8-9,14-15,25H,4-7,10-12H2,1-3H3. The van der Waals surface area contributed by atoms with E-state index in [9.17, 15) is 9.90 Å². The summed E-state index contributed by atoms with van der Waals surface area (Å²) in [6.45, 7) is 4.18. The van der Waals surface area contributed by atoms with Gasteiger partial charge in [-0.1, -0.05) is 17.7 Å². The molecule has 0 amide bonds. The van der Waals surface area contributed by atoms with E-state index in [0.717, 1.165) is 37.1 Å². The fourth-order valence-corrected chi connectivity index (χ4v) is 4.10. The van der Waals surface area contributed by atoms with E-state index in [1.807, 2.05) is 19.9 Å². The van der Waals surface area contributed by atoms with Gasteiger partial charge >= 0.3 is 5.97 Å². The largest absolute Gasteiger partial charge is 0.466 e. The first-order valence-electron chi connectivity index (χ1n) is 9.66. The van der Waals surface area contributed by atoms with Gasteiger partial charge in [-0.25, -0.2) is 4.68 Å². The summed E-state index contributed by atoms with van der Waals surface area (Å²) in [5.41, 5.74) is 4.22. The predicted octanol–water partition coefficient (Wildman–Crippen LogP) is 2.90. The number of ether oxygens (including phenoxy) is 1. The number of carbonyl (C=O) groups is 1. The molecule has 0 aromatic carbocycles. The Bertz CT molecular complexity index is 803. The second-order valence-corrected chi connectivity index (χ2v) is 7.28. The zero-order valence-corrected chi connectivity index (χ0v) is 16.3. The Balaban J connectivity index is 1.76. The number of pyridine rings is 1. The summed E-state index contributed by atoms with van der Waals surface area (Å²) in [7, 11) is 1.76. The molecule has 2 unspecified atom stereocenters. The quantitative estimate of drug-likeness (QED) is 0.784. The average molecular weight is 372 g/mol. The topological polar surface area (TPSA) is 90.1 Å². The molecule has 1 aliphatic carbocycles. The number of aliphatic hydroxyl groups excluding tert-OH is 1. The molecule has 1 fully saturated rings. The van der Waals surface area contributed by atoms with Crippen LogP contribution in [0.15, 0.2) is 12.1 Å². The fraction of sp³-hybridized carbons (Fsp3) is 0.600. The van der Waals surface area contributed by atoms with E-state index >= 15 is 0 Å². The molecule has 2 aromatic heterocycles. The van der Waals surface area contributed by atoms with E-state index in [0.29, 0.717) is 36.3 Å². The zero-order chi connectivity index (χ0) is 19.4. The summed E-state index contributed by atoms with van der Waals surface area (Å²) >= 11 is 0. The SMILES string of the molecule is CCOC(=O)CC1CCCC(c2ccc(-c3nnn(C)c3CO)nc2C)C1. The normalized spacial score (nSPS) is 19.9. The van der Waals surface area contributed by atoms with Crippen molar-refractivity contribution < 1.29 is 14.6 Å². The van der Waals surface area contributed by atoms with Crippen LogP contribution in [0.2, 0.25) is 0 Å². The van der Waals surface area contributed by atoms with Crippen LogP contribution >= 0.6 is 0 Å². The molecule has 1 saturated carbocycles. The minimum atomic E-state index is -0.126. The summed E-state index contributed by atoms with van der Waals surface area (Å²) in [6, 6.07) is 4.07. The monoisotopic (exact) mass is 372 g/mol. The lowest BCUT2D eigenvalue weighted by atomic mass is 9.76. The molecule has 0 spiro atoms. The van der Waals surface area contributed by atoms with Crippen LogP contribution in [0.25, 0.3) is 11.4 Å². The Kier molecular flexibility index (Phi) is 6.21. The Morgan fingerprint density at radius 1 is 1.37 bits per heavy atom. The summed E-state index contributed by atoms with van der Waals surface area (Å²) in [5.74, 6) is 0.703. The number of nitrogens with zero attached hydrogens (tertiary/aromatic N) is 4. The first-order valence-corrected chi connectivity index (χ1v) is 9.66. The molecule has 2 atom stereocenters. The third kappa shape index (κ3) is 4.35. The van der Waals surface area contributed by atoms with Crippen LogP contribution in [0.1, 0.15) is 61.9 Å². The zero-order valence-electron chi connectivity index (χ0n) is 16.3. The van der Waals surface area contributed by atoms with Crippen molar-refractivity contribution in [1.29, 1.82) is 0 Å². The number of rotatable bonds is 6. The van der Waals surface area contributed by atoms with Crippen LogP contribution in [0, 0.1) is 12.8 Å². The minimum Gasteiger partial charge on any atom is -0.466 e. The third-order valence-electron chi connectivity index (χ3n) is 5.45. The molecule has 146 valence electrons. The van der Waals surface area contributed by atoms with Crippen LogP contribution in [-0.4, -0.2) is 37.7 Å². The molecule has 0 radical (unpaired) electrons. The first kappa shape index (κ1) is 19.5. The van der Waals surface area contributed by atoms with Crippen molar-refractivity contribution in [2.24, 2.45) is 13.0 Å². The number of carbonyl (C=O) groups excluding carboxylic acids is 1. The van der Waals surface area contributed by atoms with Crippen LogP contribution in [-0.2, 0) is 23.2 Å². The summed E-state index contributed by atoms with van der Waals surface area (Å²) in [6.07, 6.45) is 4.82. The predicted molar refractivity (Wildman–Crippen MR) is 101 cm³/mol. The average Bonchev–Trinajstić information content (AvgIpc) is 3.02. The van der Waals surface area contributed by atoms with Gasteiger partial charge < -0.3 is 9.84 Å². The lowest BCUT2D eigenvalue weighted by molar-refractivity contribution is -0.144. The van der Waals surface area contributed by atoms with E-state index in [2.05, 4.69) is 16.4 Å². The number of aromatic nitrogens is 4. The van der Waals surface area contributed by atoms with Crippen LogP contribution < -0.4 is 0 Å². The van der Waals surface area contributed by atoms with Gasteiger partial charge in [-0.3, -0.25) is 9.78 Å². The van der Waals surface area contributed by atoms with E-state index in [-0.39, 0.29) is 12.6 Å². The number of aryl methyl sites for hydroxylation is 2. The summed E-state index contributed by atoms with van der Waals surface area (Å²) < 4.78 is 6.68. The first-order chi connectivity index (χ1) is 13.0. The number of hydrogen-bond donors (Lipinski definition) is 1. The highest BCUT2D eigenvalue weighted by atomic mass is 16.5. The molecular formula is C20H28N4O3. The summed E-state index contributed by atoms with van der Waals surface area (Å²) in [4.78, 5) is 16.6. The van der Waals surface area contributed by atoms with Gasteiger partial charge in [0.25, 0.3) is 0 Å². The van der Waals surface area contributed by atoms with E-state index < -0.39 is 0 Å². The van der Waals surface area contributed by atoms with Crippen molar-refractivity contribution in [2.45, 2.75) is 58.5 Å². The highest BCUT2D eigenvalue weighted by Crippen LogP contribution is 2.39. The second kappa shape index (κ2) is 8.61. The number of hydrogen-bond acceptors (Lipinski definition) is 6. The van der Waals surface area contributed by atoms with Crippen molar-refractivity contribution >= 4 is 5.97 Å². The maximum absolute atomic E-state index is 11.8. The van der Waals surface area contributed by atoms with Crippen LogP contribution in [0.4, 0.5) is 0 Å². The van der Waals surface area contributed by atoms with Crippen molar-refractivity contribution in [1.82, 2.24) is 20.0 Å². The van der Waals surface area contributed by atoms with Gasteiger partial charge in [0.1, 0.15) is 5.69 Å². The van der Waals surface area contributed by atoms with Crippen molar-refractivity contribution in [3.05, 3.63) is 29.1 Å². The highest BCUT2D eigenvalue weighted by Gasteiger charge is 2.27. The van der Waals surface area contributed by atoms with E-state index in [4.69, 9.17) is 9.72 Å². The van der Waals surface area contributed by atoms with E-state index in [1.54, 1.807) is 11.7 Å². The molecule has 7 nitrogen and oxygen atoms in total. The minimum absolute atomic E-state index is 0.0903. The molecule has 27 heavy (non-hydrogen) atoms. The van der Waals surface area contributed by atoms with Gasteiger partial charge in [-0.05, 0) is 56.6 Å². The van der Waals surface area contributed by atoms with Gasteiger partial charge in [0, 0.05) is 19.2 Å². The van der Waals surface area contributed by atoms with Gasteiger partial charge in [0.15, 0.2) is 0 Å². The van der Waals surface area contributed by atoms with Crippen molar-refractivity contribution in [3.63, 3.8) is 0 Å². The van der Waals surface area contributed by atoms with Crippen LogP contribution in [0.5, 0.6) is 0 Å². The van der Waals surface area contributed by atoms with Crippen molar-refractivity contribution in [3.8, 4) is 11.4 Å². The Labute approximate surface area is 159 Å². The molecule has 1 N–H and O–H groups in total. The van der Waals surface area contributed by atoms with Gasteiger partial charge in [-0.2, -0.15) is 0 Å². The molecule has 2 heterocycles. The Hall–Kier alpha value is -2.28. The molecular weight excluding hydrogens is 344 g/mol. The Morgan fingerprint density at radius 3 is 2.89 bits per heavy atom. The number of esters is 1. The lowest BCUT2D eigenvalue weighted by Gasteiger charge is -2.29. The second-order valence-electron chi connectivity index (χ2n) is 7.28. The van der Waals surface area contributed by atoms with Gasteiger partial charge in [0.05, 0.1) is 24.6 Å². The van der Waals surface area contributed by atoms with Crippen LogP contribution in [0.3, 0.4) is 0 Å². The number of aliphatic hydroxyl groups is 1. The lowest BCUT2D eigenvalue weighted by Crippen LogP contribution is -2.19. The molecule has 0 bridgehead atoms. The molecule has 1 aliphatic rings. The summed E-state index contributed by atoms with van der Waals surface area (Å²) in [5, 5.41) is 17.7. The smallest absolute Gasteiger partial charge is 0.306 e. The maximum Gasteiger partial charge on any atom is 0.306 e. The Morgan fingerprint density at radius 2 is 2.19 bits per heavy atom. The van der Waals surface area contributed by atoms with Gasteiger partial charge in [0.2, 0.25) is 0 Å². The molecule has 3 rings (SSSR count). The fourth-order valence-electron chi connectivity index (χ4n) is 4.10. The van der Waals surface area contributed by atoms with Gasteiger partial charge in [-0.15, -0.1) is 5.10 Å². The molecule has 0 saturated heterocycles. The molecule has 0 aliphatic heterocycles. The third-order valence-corrected chi connectivity index (χ3v) is 5.45.